The lowest BCUT2D eigenvalue weighted by molar-refractivity contribution is 0.0331. The summed E-state index contributed by atoms with van der Waals surface area (Å²) >= 11 is 0. The average molecular weight is 285 g/mol. The van der Waals surface area contributed by atoms with Gasteiger partial charge in [-0.05, 0) is 42.4 Å². The van der Waals surface area contributed by atoms with Crippen LogP contribution in [0.5, 0.6) is 0 Å². The molecule has 1 aliphatic carbocycles. The maximum atomic E-state index is 11.2. The molecule has 1 unspecified atom stereocenters. The lowest BCUT2D eigenvalue weighted by Gasteiger charge is -2.48. The highest BCUT2D eigenvalue weighted by atomic mass is 32.2. The van der Waals surface area contributed by atoms with Gasteiger partial charge in [-0.15, -0.1) is 0 Å². The second-order valence-electron chi connectivity index (χ2n) is 7.94. The number of hydrogen-bond acceptors (Lipinski definition) is 3. The predicted octanol–water partition coefficient (Wildman–Crippen LogP) is 2.18. The van der Waals surface area contributed by atoms with Crippen LogP contribution in [-0.2, 0) is 9.84 Å². The third kappa shape index (κ3) is 3.15. The fourth-order valence-electron chi connectivity index (χ4n) is 4.31. The van der Waals surface area contributed by atoms with Crippen LogP contribution in [0.3, 0.4) is 0 Å². The zero-order valence-corrected chi connectivity index (χ0v) is 13.1. The van der Waals surface area contributed by atoms with Gasteiger partial charge >= 0.3 is 0 Å². The van der Waals surface area contributed by atoms with Gasteiger partial charge in [-0.3, -0.25) is 0 Å². The van der Waals surface area contributed by atoms with Gasteiger partial charge in [0, 0.05) is 19.6 Å². The Morgan fingerprint density at radius 2 is 1.84 bits per heavy atom. The molecule has 3 nitrogen and oxygen atoms in total. The number of nitrogens with zero attached hydrogens (tertiary/aromatic N) is 1. The van der Waals surface area contributed by atoms with Crippen molar-refractivity contribution in [2.45, 2.75) is 39.5 Å². The number of sulfone groups is 1. The topological polar surface area (TPSA) is 37.4 Å². The smallest absolute Gasteiger partial charge is 0.150 e. The van der Waals surface area contributed by atoms with Crippen molar-refractivity contribution in [2.24, 2.45) is 23.2 Å². The van der Waals surface area contributed by atoms with Gasteiger partial charge in [0.05, 0.1) is 11.5 Å². The highest BCUT2D eigenvalue weighted by Gasteiger charge is 2.44. The van der Waals surface area contributed by atoms with Crippen molar-refractivity contribution in [2.75, 3.05) is 31.1 Å². The number of hydrogen-bond donors (Lipinski definition) is 0. The van der Waals surface area contributed by atoms with Crippen molar-refractivity contribution in [3.05, 3.63) is 0 Å². The molecule has 1 saturated carbocycles. The van der Waals surface area contributed by atoms with Crippen LogP contribution in [0.1, 0.15) is 39.5 Å². The van der Waals surface area contributed by atoms with Crippen LogP contribution in [-0.4, -0.2) is 44.5 Å². The lowest BCUT2D eigenvalue weighted by Crippen LogP contribution is -2.57. The molecule has 2 aliphatic heterocycles. The van der Waals surface area contributed by atoms with Crippen LogP contribution in [0.4, 0.5) is 0 Å². The van der Waals surface area contributed by atoms with Crippen LogP contribution in [0.25, 0.3) is 0 Å². The van der Waals surface area contributed by atoms with Crippen LogP contribution < -0.4 is 0 Å². The van der Waals surface area contributed by atoms with Gasteiger partial charge in [0.2, 0.25) is 0 Å². The summed E-state index contributed by atoms with van der Waals surface area (Å²) in [6.45, 7) is 8.35. The fourth-order valence-corrected chi connectivity index (χ4v) is 6.06. The Balaban J connectivity index is 1.40. The van der Waals surface area contributed by atoms with Crippen molar-refractivity contribution in [3.8, 4) is 0 Å². The molecule has 3 fully saturated rings. The first-order chi connectivity index (χ1) is 8.83. The van der Waals surface area contributed by atoms with E-state index in [0.29, 0.717) is 28.8 Å². The number of likely N-dealkylation sites (tertiary alicyclic amines) is 1. The SMILES string of the molecule is CC1(C)CCCC(CN2CC(C3CS(=O)(=O)C3)C2)C1. The Hall–Kier alpha value is -0.0900. The standard InChI is InChI=1S/C15H27NO2S/c1-15(2)5-3-4-12(6-15)7-16-8-13(9-16)14-10-19(17,18)11-14/h12-14H,3-11H2,1-2H3. The summed E-state index contributed by atoms with van der Waals surface area (Å²) in [6, 6.07) is 0. The molecule has 0 amide bonds. The molecule has 0 bridgehead atoms. The van der Waals surface area contributed by atoms with Crippen molar-refractivity contribution >= 4 is 9.84 Å². The second-order valence-corrected chi connectivity index (χ2v) is 10.1. The molecule has 110 valence electrons. The molecule has 4 heteroatoms. The fraction of sp³-hybridized carbons (Fsp3) is 1.00. The molecule has 0 spiro atoms. The van der Waals surface area contributed by atoms with E-state index in [1.807, 2.05) is 0 Å². The van der Waals surface area contributed by atoms with E-state index in [4.69, 9.17) is 0 Å². The summed E-state index contributed by atoms with van der Waals surface area (Å²) in [5.74, 6) is 2.93. The van der Waals surface area contributed by atoms with Gasteiger partial charge in [-0.1, -0.05) is 20.3 Å². The van der Waals surface area contributed by atoms with Gasteiger partial charge < -0.3 is 4.90 Å². The van der Waals surface area contributed by atoms with Crippen LogP contribution in [0.15, 0.2) is 0 Å². The minimum Gasteiger partial charge on any atom is -0.302 e. The maximum absolute atomic E-state index is 11.2. The minimum absolute atomic E-state index is 0.460. The highest BCUT2D eigenvalue weighted by Crippen LogP contribution is 2.40. The monoisotopic (exact) mass is 285 g/mol. The van der Waals surface area contributed by atoms with Gasteiger partial charge in [0.1, 0.15) is 0 Å². The van der Waals surface area contributed by atoms with E-state index in [0.717, 1.165) is 19.0 Å². The molecule has 0 N–H and O–H groups in total. The molecule has 2 heterocycles. The zero-order chi connectivity index (χ0) is 13.7. The maximum Gasteiger partial charge on any atom is 0.150 e. The number of rotatable bonds is 3. The lowest BCUT2D eigenvalue weighted by atomic mass is 9.71. The minimum atomic E-state index is -2.63. The van der Waals surface area contributed by atoms with Crippen LogP contribution in [0.2, 0.25) is 0 Å². The Labute approximate surface area is 117 Å². The van der Waals surface area contributed by atoms with Gasteiger partial charge in [0.25, 0.3) is 0 Å². The first kappa shape index (κ1) is 13.9. The second kappa shape index (κ2) is 4.73. The Kier molecular flexibility index (Phi) is 3.45. The predicted molar refractivity (Wildman–Crippen MR) is 77.8 cm³/mol. The van der Waals surface area contributed by atoms with Crippen molar-refractivity contribution < 1.29 is 8.42 Å². The molecule has 0 radical (unpaired) electrons. The first-order valence-electron chi connectivity index (χ1n) is 7.76. The van der Waals surface area contributed by atoms with E-state index in [1.165, 1.54) is 32.2 Å². The molecule has 3 rings (SSSR count). The van der Waals surface area contributed by atoms with E-state index in [2.05, 4.69) is 18.7 Å². The van der Waals surface area contributed by atoms with Crippen molar-refractivity contribution in [3.63, 3.8) is 0 Å². The molecule has 1 atom stereocenters. The normalized spacial score (nSPS) is 35.6. The molecule has 0 aromatic carbocycles. The molecule has 0 aromatic rings. The van der Waals surface area contributed by atoms with Crippen LogP contribution >= 0.6 is 0 Å². The summed E-state index contributed by atoms with van der Waals surface area (Å²) in [5, 5.41) is 0. The molecule has 3 aliphatic rings. The van der Waals surface area contributed by atoms with Gasteiger partial charge in [-0.25, -0.2) is 8.42 Å². The highest BCUT2D eigenvalue weighted by molar-refractivity contribution is 7.92. The molecular formula is C15H27NO2S. The third-order valence-corrected chi connectivity index (χ3v) is 7.28. The van der Waals surface area contributed by atoms with E-state index < -0.39 is 9.84 Å². The van der Waals surface area contributed by atoms with E-state index in [9.17, 15) is 8.42 Å². The third-order valence-electron chi connectivity index (χ3n) is 5.41. The first-order valence-corrected chi connectivity index (χ1v) is 9.58. The van der Waals surface area contributed by atoms with Crippen molar-refractivity contribution in [1.29, 1.82) is 0 Å². The zero-order valence-electron chi connectivity index (χ0n) is 12.3. The van der Waals surface area contributed by atoms with Gasteiger partial charge in [-0.2, -0.15) is 0 Å². The van der Waals surface area contributed by atoms with Crippen molar-refractivity contribution in [1.82, 2.24) is 4.90 Å². The molecule has 19 heavy (non-hydrogen) atoms. The van der Waals surface area contributed by atoms with E-state index in [1.54, 1.807) is 0 Å². The molecular weight excluding hydrogens is 258 g/mol. The molecule has 2 saturated heterocycles. The Morgan fingerprint density at radius 3 is 2.42 bits per heavy atom. The summed E-state index contributed by atoms with van der Waals surface area (Å²) in [5.41, 5.74) is 0.537. The van der Waals surface area contributed by atoms with E-state index in [-0.39, 0.29) is 0 Å². The summed E-state index contributed by atoms with van der Waals surface area (Å²) < 4.78 is 22.4. The van der Waals surface area contributed by atoms with Crippen LogP contribution in [0, 0.1) is 23.2 Å². The van der Waals surface area contributed by atoms with E-state index >= 15 is 0 Å². The summed E-state index contributed by atoms with van der Waals surface area (Å²) in [4.78, 5) is 2.56. The van der Waals surface area contributed by atoms with Gasteiger partial charge in [0.15, 0.2) is 9.84 Å². The quantitative estimate of drug-likeness (QED) is 0.797. The summed E-state index contributed by atoms with van der Waals surface area (Å²) in [6.07, 6.45) is 5.52. The Morgan fingerprint density at radius 1 is 1.16 bits per heavy atom. The molecule has 0 aromatic heterocycles. The summed E-state index contributed by atoms with van der Waals surface area (Å²) in [7, 11) is -2.63. The average Bonchev–Trinajstić information content (AvgIpc) is 2.18. The largest absolute Gasteiger partial charge is 0.302 e. The Bertz CT molecular complexity index is 425.